The van der Waals surface area contributed by atoms with Gasteiger partial charge in [-0.25, -0.2) is 4.98 Å². The van der Waals surface area contributed by atoms with Crippen LogP contribution in [0.4, 0.5) is 10.8 Å². The predicted molar refractivity (Wildman–Crippen MR) is 107 cm³/mol. The van der Waals surface area contributed by atoms with E-state index in [1.807, 2.05) is 41.8 Å². The Morgan fingerprint density at radius 3 is 2.60 bits per heavy atom. The van der Waals surface area contributed by atoms with Gasteiger partial charge in [-0.15, -0.1) is 23.1 Å². The smallest absolute Gasteiger partial charge is 0.230 e. The van der Waals surface area contributed by atoms with Gasteiger partial charge in [0.1, 0.15) is 0 Å². The largest absolute Gasteiger partial charge is 0.274 e. The Morgan fingerprint density at radius 2 is 1.92 bits per heavy atom. The summed E-state index contributed by atoms with van der Waals surface area (Å²) >= 11 is 15.1. The molecule has 0 aliphatic rings. The van der Waals surface area contributed by atoms with Crippen molar-refractivity contribution >= 4 is 63.0 Å². The quantitative estimate of drug-likeness (QED) is 0.456. The highest BCUT2D eigenvalue weighted by Gasteiger charge is 2.18. The van der Waals surface area contributed by atoms with E-state index < -0.39 is 0 Å². The first-order chi connectivity index (χ1) is 12.0. The molecule has 0 saturated carbocycles. The molecule has 7 heteroatoms. The van der Waals surface area contributed by atoms with Gasteiger partial charge < -0.3 is 0 Å². The number of thioether (sulfide) groups is 1. The third-order valence-corrected chi connectivity index (χ3v) is 5.72. The van der Waals surface area contributed by atoms with Gasteiger partial charge in [-0.2, -0.15) is 0 Å². The number of carbonyl (C=O) groups is 1. The number of benzene rings is 2. The van der Waals surface area contributed by atoms with E-state index in [9.17, 15) is 4.79 Å². The molecule has 1 amide bonds. The lowest BCUT2D eigenvalue weighted by molar-refractivity contribution is -0.115. The number of thiazole rings is 1. The van der Waals surface area contributed by atoms with Gasteiger partial charge in [-0.05, 0) is 42.5 Å². The Balaban J connectivity index is 1.76. The van der Waals surface area contributed by atoms with Crippen molar-refractivity contribution in [3.05, 3.63) is 69.7 Å². The summed E-state index contributed by atoms with van der Waals surface area (Å²) in [6.07, 6.45) is 0. The molecule has 3 rings (SSSR count). The zero-order valence-corrected chi connectivity index (χ0v) is 16.4. The minimum Gasteiger partial charge on any atom is -0.274 e. The Bertz CT molecular complexity index is 881. The van der Waals surface area contributed by atoms with Crippen LogP contribution in [0.1, 0.15) is 12.6 Å². The molecule has 3 nitrogen and oxygen atoms in total. The normalized spacial score (nSPS) is 10.7. The summed E-state index contributed by atoms with van der Waals surface area (Å²) in [6, 6.07) is 14.9. The van der Waals surface area contributed by atoms with E-state index in [1.54, 1.807) is 28.8 Å². The fourth-order valence-corrected chi connectivity index (χ4v) is 4.29. The first kappa shape index (κ1) is 18.3. The summed E-state index contributed by atoms with van der Waals surface area (Å²) in [6.45, 7) is 1.52. The van der Waals surface area contributed by atoms with E-state index in [4.69, 9.17) is 23.2 Å². The summed E-state index contributed by atoms with van der Waals surface area (Å²) in [5, 5.41) is 3.91. The molecule has 0 saturated heterocycles. The molecule has 128 valence electrons. The zero-order valence-electron chi connectivity index (χ0n) is 13.3. The second-order valence-corrected chi connectivity index (χ2v) is 7.96. The van der Waals surface area contributed by atoms with E-state index in [2.05, 4.69) is 4.98 Å². The maximum atomic E-state index is 12.1. The monoisotopic (exact) mass is 408 g/mol. The minimum absolute atomic E-state index is 0.103. The van der Waals surface area contributed by atoms with Crippen LogP contribution in [0, 0.1) is 0 Å². The number of anilines is 2. The molecule has 0 radical (unpaired) electrons. The average Bonchev–Trinajstić information content (AvgIpc) is 3.03. The van der Waals surface area contributed by atoms with E-state index >= 15 is 0 Å². The van der Waals surface area contributed by atoms with Crippen LogP contribution in [0.5, 0.6) is 0 Å². The lowest BCUT2D eigenvalue weighted by Gasteiger charge is -2.18. The number of aromatic nitrogens is 1. The number of hydrogen-bond acceptors (Lipinski definition) is 4. The van der Waals surface area contributed by atoms with Crippen molar-refractivity contribution < 1.29 is 4.79 Å². The van der Waals surface area contributed by atoms with Crippen molar-refractivity contribution in [3.8, 4) is 0 Å². The predicted octanol–water partition coefficient (Wildman–Crippen LogP) is 6.43. The summed E-state index contributed by atoms with van der Waals surface area (Å²) in [4.78, 5) is 19.4. The summed E-state index contributed by atoms with van der Waals surface area (Å²) < 4.78 is 0. The molecule has 2 aromatic carbocycles. The van der Waals surface area contributed by atoms with Crippen LogP contribution in [0.25, 0.3) is 0 Å². The molecule has 0 aliphatic heterocycles. The summed E-state index contributed by atoms with van der Waals surface area (Å²) in [7, 11) is 0. The maximum Gasteiger partial charge on any atom is 0.230 e. The van der Waals surface area contributed by atoms with Gasteiger partial charge in [-0.1, -0.05) is 29.3 Å². The Morgan fingerprint density at radius 1 is 1.16 bits per heavy atom. The van der Waals surface area contributed by atoms with Crippen molar-refractivity contribution in [1.29, 1.82) is 0 Å². The number of rotatable bonds is 5. The molecule has 1 heterocycles. The minimum atomic E-state index is -0.103. The molecule has 25 heavy (non-hydrogen) atoms. The first-order valence-corrected chi connectivity index (χ1v) is 10.0. The second kappa shape index (κ2) is 8.23. The van der Waals surface area contributed by atoms with Crippen LogP contribution in [-0.4, -0.2) is 10.9 Å². The molecular weight excluding hydrogens is 395 g/mol. The maximum absolute atomic E-state index is 12.1. The highest BCUT2D eigenvalue weighted by atomic mass is 35.5. The highest BCUT2D eigenvalue weighted by molar-refractivity contribution is 7.98. The molecule has 3 aromatic rings. The van der Waals surface area contributed by atoms with Crippen molar-refractivity contribution in [2.45, 2.75) is 17.6 Å². The zero-order chi connectivity index (χ0) is 17.8. The number of nitrogens with zero attached hydrogens (tertiary/aromatic N) is 2. The van der Waals surface area contributed by atoms with Gasteiger partial charge in [0.05, 0.1) is 11.4 Å². The van der Waals surface area contributed by atoms with Crippen LogP contribution in [-0.2, 0) is 10.5 Å². The number of hydrogen-bond donors (Lipinski definition) is 0. The van der Waals surface area contributed by atoms with Gasteiger partial charge in [0, 0.05) is 33.0 Å². The van der Waals surface area contributed by atoms with Crippen LogP contribution < -0.4 is 4.90 Å². The molecule has 0 N–H and O–H groups in total. The lowest BCUT2D eigenvalue weighted by atomic mass is 10.3. The van der Waals surface area contributed by atoms with Gasteiger partial charge in [0.15, 0.2) is 5.13 Å². The number of amides is 1. The van der Waals surface area contributed by atoms with Crippen LogP contribution in [0.15, 0.2) is 58.8 Å². The van der Waals surface area contributed by atoms with E-state index in [0.29, 0.717) is 15.8 Å². The molecule has 0 spiro atoms. The Labute approximate surface area is 164 Å². The van der Waals surface area contributed by atoms with Crippen LogP contribution >= 0.6 is 46.3 Å². The van der Waals surface area contributed by atoms with E-state index in [0.717, 1.165) is 21.4 Å². The van der Waals surface area contributed by atoms with Crippen molar-refractivity contribution in [2.24, 2.45) is 0 Å². The average molecular weight is 409 g/mol. The second-order valence-electron chi connectivity index (χ2n) is 5.20. The topological polar surface area (TPSA) is 33.2 Å². The Hall–Kier alpha value is -1.53. The molecular formula is C18H14Cl2N2OS2. The van der Waals surface area contributed by atoms with Crippen LogP contribution in [0.2, 0.25) is 10.0 Å². The standard InChI is InChI=1S/C18H14Cl2N2OS2/c1-12(23)22(16-4-2-3-14(20)9-16)18-21-15(11-25-18)10-24-17-7-5-13(19)6-8-17/h2-9,11H,10H2,1H3. The van der Waals surface area contributed by atoms with Gasteiger partial charge in [0.25, 0.3) is 0 Å². The van der Waals surface area contributed by atoms with Crippen molar-refractivity contribution in [1.82, 2.24) is 4.98 Å². The lowest BCUT2D eigenvalue weighted by Crippen LogP contribution is -2.22. The highest BCUT2D eigenvalue weighted by Crippen LogP contribution is 2.32. The van der Waals surface area contributed by atoms with E-state index in [-0.39, 0.29) is 5.91 Å². The molecule has 1 aromatic heterocycles. The van der Waals surface area contributed by atoms with Crippen molar-refractivity contribution in [2.75, 3.05) is 4.90 Å². The van der Waals surface area contributed by atoms with Crippen molar-refractivity contribution in [3.63, 3.8) is 0 Å². The fourth-order valence-electron chi connectivity index (χ4n) is 2.20. The third kappa shape index (κ3) is 4.76. The SMILES string of the molecule is CC(=O)N(c1cccc(Cl)c1)c1nc(CSc2ccc(Cl)cc2)cs1. The fraction of sp³-hybridized carbons (Fsp3) is 0.111. The van der Waals surface area contributed by atoms with Gasteiger partial charge in [0.2, 0.25) is 5.91 Å². The molecule has 0 fully saturated rings. The molecule has 0 atom stereocenters. The van der Waals surface area contributed by atoms with Gasteiger partial charge >= 0.3 is 0 Å². The van der Waals surface area contributed by atoms with Gasteiger partial charge in [-0.3, -0.25) is 9.69 Å². The summed E-state index contributed by atoms with van der Waals surface area (Å²) in [5.74, 6) is 0.618. The molecule has 0 aliphatic carbocycles. The first-order valence-electron chi connectivity index (χ1n) is 7.42. The molecule has 0 bridgehead atoms. The number of halogens is 2. The Kier molecular flexibility index (Phi) is 6.02. The molecule has 0 unspecified atom stereocenters. The van der Waals surface area contributed by atoms with Crippen LogP contribution in [0.3, 0.4) is 0 Å². The van der Waals surface area contributed by atoms with E-state index in [1.165, 1.54) is 18.3 Å². The summed E-state index contributed by atoms with van der Waals surface area (Å²) in [5.41, 5.74) is 1.64. The third-order valence-electron chi connectivity index (χ3n) is 3.31. The number of carbonyl (C=O) groups excluding carboxylic acids is 1.